The highest BCUT2D eigenvalue weighted by Crippen LogP contribution is 2.50. The Bertz CT molecular complexity index is 1440. The molecule has 1 aromatic carbocycles. The minimum Gasteiger partial charge on any atom is -0.357 e. The first-order valence-corrected chi connectivity index (χ1v) is 11.7. The number of piperidine rings is 1. The van der Waals surface area contributed by atoms with E-state index in [1.807, 2.05) is 16.7 Å². The zero-order chi connectivity index (χ0) is 22.7. The molecule has 2 aliphatic rings. The highest BCUT2D eigenvalue weighted by atomic mass is 35.5. The third-order valence-corrected chi connectivity index (χ3v) is 8.14. The van der Waals surface area contributed by atoms with E-state index in [1.54, 1.807) is 30.6 Å². The largest absolute Gasteiger partial charge is 0.357 e. The number of H-pyrrole nitrogens is 1. The number of fused-ring (bicyclic) bond motifs is 2. The van der Waals surface area contributed by atoms with Gasteiger partial charge in [-0.2, -0.15) is 5.10 Å². The zero-order valence-electron chi connectivity index (χ0n) is 17.8. The van der Waals surface area contributed by atoms with Crippen LogP contribution in [0.1, 0.15) is 30.1 Å². The minimum absolute atomic E-state index is 0.00707. The molecule has 3 N–H and O–H groups in total. The molecule has 0 radical (unpaired) electrons. The van der Waals surface area contributed by atoms with Crippen LogP contribution in [-0.4, -0.2) is 32.7 Å². The van der Waals surface area contributed by atoms with Gasteiger partial charge in [0.1, 0.15) is 17.8 Å². The molecule has 1 saturated heterocycles. The molecule has 3 aromatic heterocycles. The standard InChI is InChI=1S/C24H22Cl2N6O/c25-16-5-1-3-15(21(16)26)20-18(33)11-19(32-13-29-30-23(20)32)31-9-6-24(7-10-31)12-17-14(22(24)27)4-2-8-28-17/h1-5,8,11,13,22,30H,6-7,9-10,12,27H2. The topological polar surface area (TPSA) is 92.3 Å². The summed E-state index contributed by atoms with van der Waals surface area (Å²) in [6.45, 7) is 1.59. The SMILES string of the molecule is NC1c2cccnc2CC12CCN(c1cc(=O)c(-c3cccc(Cl)c3Cl)c3[nH]ncn13)CC2. The zero-order valence-corrected chi connectivity index (χ0v) is 19.3. The lowest BCUT2D eigenvalue weighted by Crippen LogP contribution is -2.45. The number of nitrogens with two attached hydrogens (primary N) is 1. The fourth-order valence-corrected chi connectivity index (χ4v) is 5.90. The van der Waals surface area contributed by atoms with Crippen LogP contribution in [0.2, 0.25) is 10.0 Å². The lowest BCUT2D eigenvalue weighted by Gasteiger charge is -2.42. The van der Waals surface area contributed by atoms with Gasteiger partial charge in [0.25, 0.3) is 0 Å². The lowest BCUT2D eigenvalue weighted by molar-refractivity contribution is 0.186. The molecule has 0 bridgehead atoms. The van der Waals surface area contributed by atoms with Gasteiger partial charge in [0.15, 0.2) is 5.43 Å². The van der Waals surface area contributed by atoms with Crippen molar-refractivity contribution in [1.29, 1.82) is 0 Å². The highest BCUT2D eigenvalue weighted by Gasteiger charge is 2.46. The van der Waals surface area contributed by atoms with Gasteiger partial charge in [0, 0.05) is 42.7 Å². The smallest absolute Gasteiger partial charge is 0.193 e. The van der Waals surface area contributed by atoms with Crippen LogP contribution in [0.5, 0.6) is 0 Å². The summed E-state index contributed by atoms with van der Waals surface area (Å²) in [5.41, 5.74) is 10.5. The van der Waals surface area contributed by atoms with Crippen LogP contribution >= 0.6 is 23.2 Å². The van der Waals surface area contributed by atoms with Crippen LogP contribution in [-0.2, 0) is 6.42 Å². The van der Waals surface area contributed by atoms with Crippen LogP contribution in [0.15, 0.2) is 53.7 Å². The molecule has 33 heavy (non-hydrogen) atoms. The summed E-state index contributed by atoms with van der Waals surface area (Å²) in [7, 11) is 0. The van der Waals surface area contributed by atoms with Crippen molar-refractivity contribution in [3.05, 3.63) is 80.4 Å². The second-order valence-corrected chi connectivity index (χ2v) is 9.75. The molecular weight excluding hydrogens is 459 g/mol. The minimum atomic E-state index is -0.132. The molecule has 1 aliphatic carbocycles. The van der Waals surface area contributed by atoms with Crippen LogP contribution in [0, 0.1) is 5.41 Å². The quantitative estimate of drug-likeness (QED) is 0.447. The van der Waals surface area contributed by atoms with Crippen LogP contribution in [0.3, 0.4) is 0 Å². The average molecular weight is 481 g/mol. The van der Waals surface area contributed by atoms with E-state index in [1.165, 1.54) is 5.56 Å². The number of anilines is 1. The van der Waals surface area contributed by atoms with Gasteiger partial charge in [0.2, 0.25) is 0 Å². The van der Waals surface area contributed by atoms with Gasteiger partial charge in [-0.1, -0.05) is 41.4 Å². The van der Waals surface area contributed by atoms with Crippen molar-refractivity contribution in [2.24, 2.45) is 11.1 Å². The van der Waals surface area contributed by atoms with Crippen molar-refractivity contribution in [1.82, 2.24) is 19.6 Å². The Balaban J connectivity index is 1.35. The summed E-state index contributed by atoms with van der Waals surface area (Å²) in [6.07, 6.45) is 6.30. The number of hydrogen-bond acceptors (Lipinski definition) is 5. The predicted octanol–water partition coefficient (Wildman–Crippen LogP) is 4.23. The Morgan fingerprint density at radius 2 is 1.97 bits per heavy atom. The van der Waals surface area contributed by atoms with Gasteiger partial charge in [-0.25, -0.2) is 0 Å². The maximum absolute atomic E-state index is 13.3. The Morgan fingerprint density at radius 3 is 2.76 bits per heavy atom. The van der Waals surface area contributed by atoms with E-state index >= 15 is 0 Å². The second-order valence-electron chi connectivity index (χ2n) is 8.96. The Morgan fingerprint density at radius 1 is 1.15 bits per heavy atom. The van der Waals surface area contributed by atoms with Gasteiger partial charge in [-0.3, -0.25) is 19.3 Å². The number of benzene rings is 1. The molecule has 1 atom stereocenters. The first-order chi connectivity index (χ1) is 16.0. The van der Waals surface area contributed by atoms with E-state index in [4.69, 9.17) is 28.9 Å². The number of nitrogens with zero attached hydrogens (tertiary/aromatic N) is 4. The molecule has 4 aromatic rings. The maximum atomic E-state index is 13.3. The van der Waals surface area contributed by atoms with Gasteiger partial charge in [-0.05, 0) is 42.4 Å². The van der Waals surface area contributed by atoms with Gasteiger partial charge in [0.05, 0.1) is 15.6 Å². The first-order valence-electron chi connectivity index (χ1n) is 11.0. The third-order valence-electron chi connectivity index (χ3n) is 7.32. The van der Waals surface area contributed by atoms with Crippen molar-refractivity contribution in [3.63, 3.8) is 0 Å². The molecule has 6 rings (SSSR count). The van der Waals surface area contributed by atoms with Crippen molar-refractivity contribution < 1.29 is 0 Å². The highest BCUT2D eigenvalue weighted by molar-refractivity contribution is 6.43. The Kier molecular flexibility index (Phi) is 4.76. The molecule has 1 aliphatic heterocycles. The van der Waals surface area contributed by atoms with E-state index in [9.17, 15) is 4.79 Å². The molecule has 7 nitrogen and oxygen atoms in total. The van der Waals surface area contributed by atoms with Crippen LogP contribution in [0.25, 0.3) is 16.8 Å². The molecule has 9 heteroatoms. The fourth-order valence-electron chi connectivity index (χ4n) is 5.51. The molecule has 1 spiro atoms. The van der Waals surface area contributed by atoms with E-state index in [0.29, 0.717) is 26.8 Å². The van der Waals surface area contributed by atoms with E-state index in [2.05, 4.69) is 26.1 Å². The molecular formula is C24H22Cl2N6O. The predicted molar refractivity (Wildman–Crippen MR) is 130 cm³/mol. The molecule has 1 fully saturated rings. The van der Waals surface area contributed by atoms with E-state index < -0.39 is 0 Å². The van der Waals surface area contributed by atoms with Crippen molar-refractivity contribution >= 4 is 34.7 Å². The summed E-state index contributed by atoms with van der Waals surface area (Å²) >= 11 is 12.6. The molecule has 0 amide bonds. The molecule has 0 saturated carbocycles. The van der Waals surface area contributed by atoms with Crippen molar-refractivity contribution in [2.45, 2.75) is 25.3 Å². The van der Waals surface area contributed by atoms with Gasteiger partial charge in [-0.15, -0.1) is 0 Å². The Hall–Kier alpha value is -2.87. The Labute approximate surface area is 200 Å². The number of aromatic amines is 1. The maximum Gasteiger partial charge on any atom is 0.193 e. The number of nitrogens with one attached hydrogen (secondary N) is 1. The number of halogens is 2. The summed E-state index contributed by atoms with van der Waals surface area (Å²) in [5.74, 6) is 0.808. The number of rotatable bonds is 2. The van der Waals surface area contributed by atoms with Gasteiger partial charge >= 0.3 is 0 Å². The van der Waals surface area contributed by atoms with Crippen molar-refractivity contribution in [2.75, 3.05) is 18.0 Å². The normalized spacial score (nSPS) is 19.4. The number of hydrogen-bond donors (Lipinski definition) is 2. The molecule has 168 valence electrons. The first kappa shape index (κ1) is 20.7. The number of pyridine rings is 2. The summed E-state index contributed by atoms with van der Waals surface area (Å²) < 4.78 is 1.91. The van der Waals surface area contributed by atoms with E-state index in [0.717, 1.165) is 43.9 Å². The third kappa shape index (κ3) is 3.10. The van der Waals surface area contributed by atoms with E-state index in [-0.39, 0.29) is 16.9 Å². The molecule has 4 heterocycles. The van der Waals surface area contributed by atoms with Crippen LogP contribution < -0.4 is 16.1 Å². The number of aromatic nitrogens is 4. The second kappa shape index (κ2) is 7.58. The summed E-state index contributed by atoms with van der Waals surface area (Å²) in [6, 6.07) is 11.0. The van der Waals surface area contributed by atoms with Gasteiger partial charge < -0.3 is 10.6 Å². The summed E-state index contributed by atoms with van der Waals surface area (Å²) in [4.78, 5) is 20.1. The fraction of sp³-hybridized carbons (Fsp3) is 0.292. The van der Waals surface area contributed by atoms with Crippen LogP contribution in [0.4, 0.5) is 5.82 Å². The lowest BCUT2D eigenvalue weighted by atomic mass is 9.73. The monoisotopic (exact) mass is 480 g/mol. The van der Waals surface area contributed by atoms with Crippen molar-refractivity contribution in [3.8, 4) is 11.1 Å². The average Bonchev–Trinajstić information content (AvgIpc) is 3.40. The molecule has 1 unspecified atom stereocenters. The summed E-state index contributed by atoms with van der Waals surface area (Å²) in [5, 5.41) is 7.95.